The van der Waals surface area contributed by atoms with Gasteiger partial charge < -0.3 is 5.73 Å². The number of hydrogen-bond acceptors (Lipinski definition) is 1. The molecule has 3 heteroatoms. The molecule has 1 unspecified atom stereocenters. The van der Waals surface area contributed by atoms with Crippen LogP contribution in [0.4, 0.5) is 8.78 Å². The van der Waals surface area contributed by atoms with E-state index in [2.05, 4.69) is 0 Å². The van der Waals surface area contributed by atoms with E-state index in [1.807, 2.05) is 6.92 Å². The van der Waals surface area contributed by atoms with Crippen LogP contribution < -0.4 is 5.73 Å². The van der Waals surface area contributed by atoms with E-state index >= 15 is 0 Å². The predicted molar refractivity (Wildman–Crippen MR) is 48.3 cm³/mol. The molecule has 1 aromatic rings. The van der Waals surface area contributed by atoms with Crippen LogP contribution in [0.25, 0.3) is 0 Å². The molecule has 0 heterocycles. The van der Waals surface area contributed by atoms with E-state index in [9.17, 15) is 8.78 Å². The zero-order valence-corrected chi connectivity index (χ0v) is 7.56. The lowest BCUT2D eigenvalue weighted by atomic mass is 10.1. The quantitative estimate of drug-likeness (QED) is 0.767. The van der Waals surface area contributed by atoms with Gasteiger partial charge in [-0.1, -0.05) is 0 Å². The lowest BCUT2D eigenvalue weighted by Crippen LogP contribution is -2.15. The van der Waals surface area contributed by atoms with Crippen LogP contribution in [-0.2, 0) is 6.42 Å². The predicted octanol–water partition coefficient (Wildman–Crippen LogP) is 2.24. The first-order chi connectivity index (χ1) is 6.08. The van der Waals surface area contributed by atoms with E-state index in [1.54, 1.807) is 0 Å². The monoisotopic (exact) mass is 185 g/mol. The Labute approximate surface area is 76.6 Å². The van der Waals surface area contributed by atoms with Gasteiger partial charge in [0.05, 0.1) is 0 Å². The molecular formula is C10H13F2N. The van der Waals surface area contributed by atoms with Crippen LogP contribution in [0.3, 0.4) is 0 Å². The van der Waals surface area contributed by atoms with Gasteiger partial charge in [0.1, 0.15) is 11.6 Å². The highest BCUT2D eigenvalue weighted by Crippen LogP contribution is 2.10. The highest BCUT2D eigenvalue weighted by atomic mass is 19.1. The van der Waals surface area contributed by atoms with E-state index < -0.39 is 11.6 Å². The fraction of sp³-hybridized carbons (Fsp3) is 0.400. The van der Waals surface area contributed by atoms with Crippen LogP contribution in [0, 0.1) is 11.6 Å². The summed E-state index contributed by atoms with van der Waals surface area (Å²) in [4.78, 5) is 0. The Morgan fingerprint density at radius 3 is 2.23 bits per heavy atom. The van der Waals surface area contributed by atoms with Gasteiger partial charge in [-0.25, -0.2) is 8.78 Å². The van der Waals surface area contributed by atoms with Gasteiger partial charge in [0.25, 0.3) is 0 Å². The van der Waals surface area contributed by atoms with Gasteiger partial charge in [-0.05, 0) is 37.5 Å². The average molecular weight is 185 g/mol. The molecule has 13 heavy (non-hydrogen) atoms. The molecule has 0 spiro atoms. The minimum Gasteiger partial charge on any atom is -0.328 e. The SMILES string of the molecule is CC(N)CCc1cc(F)cc(F)c1. The van der Waals surface area contributed by atoms with Crippen molar-refractivity contribution in [2.75, 3.05) is 0 Å². The number of hydrogen-bond donors (Lipinski definition) is 1. The number of aryl methyl sites for hydroxylation is 1. The van der Waals surface area contributed by atoms with Crippen molar-refractivity contribution in [3.63, 3.8) is 0 Å². The molecule has 1 rings (SSSR count). The van der Waals surface area contributed by atoms with Crippen molar-refractivity contribution in [2.45, 2.75) is 25.8 Å². The van der Waals surface area contributed by atoms with Crippen LogP contribution >= 0.6 is 0 Å². The van der Waals surface area contributed by atoms with Gasteiger partial charge in [-0.2, -0.15) is 0 Å². The van der Waals surface area contributed by atoms with Crippen molar-refractivity contribution in [3.8, 4) is 0 Å². The van der Waals surface area contributed by atoms with Crippen molar-refractivity contribution in [3.05, 3.63) is 35.4 Å². The lowest BCUT2D eigenvalue weighted by Gasteiger charge is -2.04. The van der Waals surface area contributed by atoms with E-state index in [0.29, 0.717) is 12.0 Å². The molecule has 2 N–H and O–H groups in total. The van der Waals surface area contributed by atoms with E-state index in [1.165, 1.54) is 12.1 Å². The maximum atomic E-state index is 12.7. The number of halogens is 2. The fourth-order valence-electron chi connectivity index (χ4n) is 1.15. The second-order valence-corrected chi connectivity index (χ2v) is 3.29. The van der Waals surface area contributed by atoms with Gasteiger partial charge >= 0.3 is 0 Å². The Hall–Kier alpha value is -0.960. The van der Waals surface area contributed by atoms with Crippen LogP contribution in [-0.4, -0.2) is 6.04 Å². The zero-order valence-electron chi connectivity index (χ0n) is 7.56. The Morgan fingerprint density at radius 1 is 1.23 bits per heavy atom. The standard InChI is InChI=1S/C10H13F2N/c1-7(13)2-3-8-4-9(11)6-10(12)5-8/h4-7H,2-3,13H2,1H3. The van der Waals surface area contributed by atoms with Crippen molar-refractivity contribution in [2.24, 2.45) is 5.73 Å². The van der Waals surface area contributed by atoms with Gasteiger partial charge in [0, 0.05) is 12.1 Å². The summed E-state index contributed by atoms with van der Waals surface area (Å²) in [5.41, 5.74) is 6.19. The fourth-order valence-corrected chi connectivity index (χ4v) is 1.15. The Morgan fingerprint density at radius 2 is 1.77 bits per heavy atom. The van der Waals surface area contributed by atoms with Crippen LogP contribution in [0.2, 0.25) is 0 Å². The van der Waals surface area contributed by atoms with Crippen LogP contribution in [0.5, 0.6) is 0 Å². The van der Waals surface area contributed by atoms with Gasteiger partial charge in [0.2, 0.25) is 0 Å². The number of benzene rings is 1. The molecule has 0 amide bonds. The molecule has 1 nitrogen and oxygen atoms in total. The maximum Gasteiger partial charge on any atom is 0.126 e. The molecule has 1 aromatic carbocycles. The molecule has 0 aliphatic heterocycles. The first-order valence-corrected chi connectivity index (χ1v) is 4.28. The molecule has 0 radical (unpaired) electrons. The van der Waals surface area contributed by atoms with Crippen molar-refractivity contribution >= 4 is 0 Å². The lowest BCUT2D eigenvalue weighted by molar-refractivity contribution is 0.576. The molecule has 0 aliphatic carbocycles. The minimum atomic E-state index is -0.528. The summed E-state index contributed by atoms with van der Waals surface area (Å²) >= 11 is 0. The van der Waals surface area contributed by atoms with Crippen molar-refractivity contribution in [1.29, 1.82) is 0 Å². The maximum absolute atomic E-state index is 12.7. The first-order valence-electron chi connectivity index (χ1n) is 4.28. The third kappa shape index (κ3) is 3.51. The summed E-state index contributed by atoms with van der Waals surface area (Å²) in [6.45, 7) is 1.87. The number of rotatable bonds is 3. The average Bonchev–Trinajstić information content (AvgIpc) is 1.99. The van der Waals surface area contributed by atoms with Gasteiger partial charge in [0.15, 0.2) is 0 Å². The molecule has 72 valence electrons. The molecule has 0 saturated heterocycles. The highest BCUT2D eigenvalue weighted by Gasteiger charge is 2.01. The summed E-state index contributed by atoms with van der Waals surface area (Å²) in [6.07, 6.45) is 1.36. The topological polar surface area (TPSA) is 26.0 Å². The smallest absolute Gasteiger partial charge is 0.126 e. The Balaban J connectivity index is 2.66. The molecule has 0 saturated carbocycles. The molecule has 0 bridgehead atoms. The summed E-state index contributed by atoms with van der Waals surface area (Å²) in [5.74, 6) is -1.06. The van der Waals surface area contributed by atoms with Crippen molar-refractivity contribution in [1.82, 2.24) is 0 Å². The van der Waals surface area contributed by atoms with Gasteiger partial charge in [-0.15, -0.1) is 0 Å². The van der Waals surface area contributed by atoms with Crippen LogP contribution in [0.15, 0.2) is 18.2 Å². The Kier molecular flexibility index (Phi) is 3.37. The zero-order chi connectivity index (χ0) is 9.84. The molecule has 0 aliphatic rings. The minimum absolute atomic E-state index is 0.0614. The third-order valence-electron chi connectivity index (χ3n) is 1.81. The molecule has 0 fully saturated rings. The van der Waals surface area contributed by atoms with Gasteiger partial charge in [-0.3, -0.25) is 0 Å². The van der Waals surface area contributed by atoms with Crippen LogP contribution in [0.1, 0.15) is 18.9 Å². The Bertz CT molecular complexity index is 264. The summed E-state index contributed by atoms with van der Waals surface area (Å²) < 4.78 is 25.4. The largest absolute Gasteiger partial charge is 0.328 e. The highest BCUT2D eigenvalue weighted by molar-refractivity contribution is 5.17. The third-order valence-corrected chi connectivity index (χ3v) is 1.81. The summed E-state index contributed by atoms with van der Waals surface area (Å²) in [6, 6.07) is 3.61. The second-order valence-electron chi connectivity index (χ2n) is 3.29. The summed E-state index contributed by atoms with van der Waals surface area (Å²) in [5, 5.41) is 0. The molecule has 1 atom stereocenters. The van der Waals surface area contributed by atoms with Crippen molar-refractivity contribution < 1.29 is 8.78 Å². The molecular weight excluding hydrogens is 172 g/mol. The second kappa shape index (κ2) is 4.33. The molecule has 0 aromatic heterocycles. The number of nitrogens with two attached hydrogens (primary N) is 1. The normalized spacial score (nSPS) is 12.9. The summed E-state index contributed by atoms with van der Waals surface area (Å²) in [7, 11) is 0. The first kappa shape index (κ1) is 10.1. The van der Waals surface area contributed by atoms with E-state index in [4.69, 9.17) is 5.73 Å². The van der Waals surface area contributed by atoms with E-state index in [0.717, 1.165) is 12.5 Å². The van der Waals surface area contributed by atoms with E-state index in [-0.39, 0.29) is 6.04 Å².